The maximum atomic E-state index is 11.0. The Morgan fingerprint density at radius 1 is 1.11 bits per heavy atom. The summed E-state index contributed by atoms with van der Waals surface area (Å²) in [5, 5.41) is 19.9. The first-order valence-corrected chi connectivity index (χ1v) is 5.63. The average molecular weight is 257 g/mol. The summed E-state index contributed by atoms with van der Waals surface area (Å²) in [6.07, 6.45) is -0.374. The van der Waals surface area contributed by atoms with Crippen LogP contribution in [0.25, 0.3) is 11.1 Å². The van der Waals surface area contributed by atoms with Crippen molar-refractivity contribution in [3.63, 3.8) is 0 Å². The standard InChI is InChI=1S/C14H11NO4/c16-14(17)9-12-11(10-5-2-1-3-6-10)7-4-8-13(12)15(18)19/h1-8H,9H2,(H,16,17). The highest BCUT2D eigenvalue weighted by Crippen LogP contribution is 2.30. The van der Waals surface area contributed by atoms with Crippen LogP contribution in [0.4, 0.5) is 5.69 Å². The van der Waals surface area contributed by atoms with Gasteiger partial charge < -0.3 is 5.11 Å². The molecule has 5 nitrogen and oxygen atoms in total. The number of carboxylic acids is 1. The fourth-order valence-electron chi connectivity index (χ4n) is 1.97. The highest BCUT2D eigenvalue weighted by molar-refractivity contribution is 5.79. The maximum Gasteiger partial charge on any atom is 0.308 e. The first-order chi connectivity index (χ1) is 9.09. The Bertz CT molecular complexity index is 623. The predicted molar refractivity (Wildman–Crippen MR) is 69.9 cm³/mol. The van der Waals surface area contributed by atoms with Crippen LogP contribution in [0.1, 0.15) is 5.56 Å². The Kier molecular flexibility index (Phi) is 3.56. The molecular formula is C14H11NO4. The molecule has 0 heterocycles. The van der Waals surface area contributed by atoms with E-state index in [2.05, 4.69) is 0 Å². The van der Waals surface area contributed by atoms with Crippen molar-refractivity contribution >= 4 is 11.7 Å². The van der Waals surface area contributed by atoms with Crippen molar-refractivity contribution in [2.75, 3.05) is 0 Å². The van der Waals surface area contributed by atoms with Crippen molar-refractivity contribution in [1.82, 2.24) is 0 Å². The third-order valence-corrected chi connectivity index (χ3v) is 2.76. The van der Waals surface area contributed by atoms with E-state index in [4.69, 9.17) is 5.11 Å². The molecule has 0 unspecified atom stereocenters. The van der Waals surface area contributed by atoms with Crippen LogP contribution < -0.4 is 0 Å². The van der Waals surface area contributed by atoms with E-state index in [-0.39, 0.29) is 17.7 Å². The number of aliphatic carboxylic acids is 1. The van der Waals surface area contributed by atoms with Crippen LogP contribution in [-0.4, -0.2) is 16.0 Å². The Morgan fingerprint density at radius 3 is 2.37 bits per heavy atom. The summed E-state index contributed by atoms with van der Waals surface area (Å²) in [5.74, 6) is -1.09. The van der Waals surface area contributed by atoms with E-state index in [1.165, 1.54) is 6.07 Å². The summed E-state index contributed by atoms with van der Waals surface area (Å²) in [5.41, 5.74) is 1.41. The summed E-state index contributed by atoms with van der Waals surface area (Å²) in [6.45, 7) is 0. The van der Waals surface area contributed by atoms with Gasteiger partial charge in [-0.3, -0.25) is 14.9 Å². The first kappa shape index (κ1) is 12.8. The van der Waals surface area contributed by atoms with Crippen molar-refractivity contribution in [3.05, 3.63) is 64.2 Å². The molecular weight excluding hydrogens is 246 g/mol. The third-order valence-electron chi connectivity index (χ3n) is 2.76. The van der Waals surface area contributed by atoms with Gasteiger partial charge in [0.1, 0.15) is 0 Å². The number of nitrogens with zero attached hydrogens (tertiary/aromatic N) is 1. The largest absolute Gasteiger partial charge is 0.481 e. The zero-order valence-electron chi connectivity index (χ0n) is 9.95. The molecule has 96 valence electrons. The van der Waals surface area contributed by atoms with E-state index < -0.39 is 10.9 Å². The van der Waals surface area contributed by atoms with Crippen molar-refractivity contribution in [2.45, 2.75) is 6.42 Å². The van der Waals surface area contributed by atoms with Crippen molar-refractivity contribution in [3.8, 4) is 11.1 Å². The number of hydrogen-bond acceptors (Lipinski definition) is 3. The van der Waals surface area contributed by atoms with Crippen LogP contribution in [0.3, 0.4) is 0 Å². The van der Waals surface area contributed by atoms with Crippen LogP contribution in [0.15, 0.2) is 48.5 Å². The van der Waals surface area contributed by atoms with Gasteiger partial charge in [-0.25, -0.2) is 0 Å². The van der Waals surface area contributed by atoms with Gasteiger partial charge in [0, 0.05) is 11.6 Å². The second-order valence-corrected chi connectivity index (χ2v) is 4.00. The molecule has 0 saturated carbocycles. The predicted octanol–water partition coefficient (Wildman–Crippen LogP) is 2.89. The Balaban J connectivity index is 2.63. The lowest BCUT2D eigenvalue weighted by atomic mass is 9.96. The third kappa shape index (κ3) is 2.77. The van der Waals surface area contributed by atoms with E-state index in [0.717, 1.165) is 5.56 Å². The van der Waals surface area contributed by atoms with Crippen LogP contribution in [0, 0.1) is 10.1 Å². The van der Waals surface area contributed by atoms with Gasteiger partial charge in [-0.2, -0.15) is 0 Å². The van der Waals surface area contributed by atoms with Gasteiger partial charge >= 0.3 is 5.97 Å². The molecule has 0 radical (unpaired) electrons. The van der Waals surface area contributed by atoms with Crippen LogP contribution >= 0.6 is 0 Å². The topological polar surface area (TPSA) is 80.4 Å². The SMILES string of the molecule is O=C(O)Cc1c(-c2ccccc2)cccc1[N+](=O)[O-]. The van der Waals surface area contributed by atoms with Crippen molar-refractivity contribution in [1.29, 1.82) is 0 Å². The zero-order chi connectivity index (χ0) is 13.8. The Hall–Kier alpha value is -2.69. The minimum atomic E-state index is -1.09. The van der Waals surface area contributed by atoms with Gasteiger partial charge in [0.05, 0.1) is 11.3 Å². The lowest BCUT2D eigenvalue weighted by Crippen LogP contribution is -2.05. The summed E-state index contributed by atoms with van der Waals surface area (Å²) in [7, 11) is 0. The van der Waals surface area contributed by atoms with Crippen LogP contribution in [0.2, 0.25) is 0 Å². The molecule has 0 aliphatic rings. The quantitative estimate of drug-likeness (QED) is 0.674. The molecule has 0 spiro atoms. The van der Waals surface area contributed by atoms with Gasteiger partial charge in [0.15, 0.2) is 0 Å². The fourth-order valence-corrected chi connectivity index (χ4v) is 1.97. The van der Waals surface area contributed by atoms with E-state index in [9.17, 15) is 14.9 Å². The maximum absolute atomic E-state index is 11.0. The number of nitro benzene ring substituents is 1. The molecule has 0 bridgehead atoms. The molecule has 2 aromatic carbocycles. The molecule has 0 aliphatic carbocycles. The van der Waals surface area contributed by atoms with Crippen molar-refractivity contribution < 1.29 is 14.8 Å². The van der Waals surface area contributed by atoms with E-state index in [1.54, 1.807) is 36.4 Å². The lowest BCUT2D eigenvalue weighted by molar-refractivity contribution is -0.385. The minimum absolute atomic E-state index is 0.163. The first-order valence-electron chi connectivity index (χ1n) is 5.63. The van der Waals surface area contributed by atoms with Gasteiger partial charge in [-0.05, 0) is 11.1 Å². The van der Waals surface area contributed by atoms with E-state index in [1.807, 2.05) is 6.07 Å². The molecule has 19 heavy (non-hydrogen) atoms. The summed E-state index contributed by atoms with van der Waals surface area (Å²) in [4.78, 5) is 21.4. The second kappa shape index (κ2) is 5.30. The molecule has 0 atom stereocenters. The van der Waals surface area contributed by atoms with Gasteiger partial charge in [-0.1, -0.05) is 42.5 Å². The molecule has 0 aliphatic heterocycles. The molecule has 0 aromatic heterocycles. The summed E-state index contributed by atoms with van der Waals surface area (Å²) >= 11 is 0. The Morgan fingerprint density at radius 2 is 1.79 bits per heavy atom. The highest BCUT2D eigenvalue weighted by atomic mass is 16.6. The Labute approximate surface area is 109 Å². The molecule has 5 heteroatoms. The fraction of sp³-hybridized carbons (Fsp3) is 0.0714. The highest BCUT2D eigenvalue weighted by Gasteiger charge is 2.20. The minimum Gasteiger partial charge on any atom is -0.481 e. The smallest absolute Gasteiger partial charge is 0.308 e. The van der Waals surface area contributed by atoms with E-state index >= 15 is 0 Å². The molecule has 0 amide bonds. The van der Waals surface area contributed by atoms with Crippen LogP contribution in [0.5, 0.6) is 0 Å². The number of benzene rings is 2. The normalized spacial score (nSPS) is 10.1. The van der Waals surface area contributed by atoms with E-state index in [0.29, 0.717) is 5.56 Å². The number of rotatable bonds is 4. The molecule has 0 fully saturated rings. The number of nitro groups is 1. The lowest BCUT2D eigenvalue weighted by Gasteiger charge is -2.08. The van der Waals surface area contributed by atoms with Crippen molar-refractivity contribution in [2.24, 2.45) is 0 Å². The van der Waals surface area contributed by atoms with Crippen LogP contribution in [-0.2, 0) is 11.2 Å². The number of hydrogen-bond donors (Lipinski definition) is 1. The molecule has 2 aromatic rings. The zero-order valence-corrected chi connectivity index (χ0v) is 9.95. The second-order valence-electron chi connectivity index (χ2n) is 4.00. The monoisotopic (exact) mass is 257 g/mol. The molecule has 1 N–H and O–H groups in total. The number of carbonyl (C=O) groups is 1. The van der Waals surface area contributed by atoms with Gasteiger partial charge in [0.25, 0.3) is 5.69 Å². The van der Waals surface area contributed by atoms with Gasteiger partial charge in [-0.15, -0.1) is 0 Å². The summed E-state index contributed by atoms with van der Waals surface area (Å²) in [6, 6.07) is 13.6. The number of carboxylic acid groups (broad SMARTS) is 1. The van der Waals surface area contributed by atoms with Gasteiger partial charge in [0.2, 0.25) is 0 Å². The summed E-state index contributed by atoms with van der Waals surface area (Å²) < 4.78 is 0. The molecule has 2 rings (SSSR count). The molecule has 0 saturated heterocycles. The average Bonchev–Trinajstić information content (AvgIpc) is 2.39.